The van der Waals surface area contributed by atoms with Crippen LogP contribution >= 0.6 is 0 Å². The summed E-state index contributed by atoms with van der Waals surface area (Å²) in [6, 6.07) is 4.46. The van der Waals surface area contributed by atoms with Crippen molar-refractivity contribution < 1.29 is 18.3 Å². The molecule has 1 aromatic carbocycles. The van der Waals surface area contributed by atoms with E-state index in [9.17, 15) is 9.18 Å². The van der Waals surface area contributed by atoms with Crippen LogP contribution in [0.2, 0.25) is 0 Å². The number of fused-ring (bicyclic) bond motifs is 1. The van der Waals surface area contributed by atoms with Gasteiger partial charge in [-0.1, -0.05) is 0 Å². The third-order valence-corrected chi connectivity index (χ3v) is 2.17. The molecule has 90 valence electrons. The first-order valence-corrected chi connectivity index (χ1v) is 5.27. The van der Waals surface area contributed by atoms with E-state index in [-0.39, 0.29) is 11.1 Å². The van der Waals surface area contributed by atoms with Crippen molar-refractivity contribution in [2.75, 3.05) is 0 Å². The number of ether oxygens (including phenoxy) is 1. The van der Waals surface area contributed by atoms with Crippen LogP contribution in [0.25, 0.3) is 11.0 Å². The molecule has 0 unspecified atom stereocenters. The van der Waals surface area contributed by atoms with E-state index in [0.717, 1.165) is 0 Å². The Hall–Kier alpha value is -1.84. The third kappa shape index (κ3) is 2.30. The average molecular weight is 236 g/mol. The highest BCUT2D eigenvalue weighted by atomic mass is 19.1. The number of esters is 1. The van der Waals surface area contributed by atoms with E-state index in [4.69, 9.17) is 9.15 Å². The Kier molecular flexibility index (Phi) is 2.65. The predicted molar refractivity (Wildman–Crippen MR) is 61.3 cm³/mol. The van der Waals surface area contributed by atoms with E-state index in [1.54, 1.807) is 32.9 Å². The van der Waals surface area contributed by atoms with Gasteiger partial charge in [0.2, 0.25) is 0 Å². The topological polar surface area (TPSA) is 39.4 Å². The number of furan rings is 1. The van der Waals surface area contributed by atoms with Crippen molar-refractivity contribution in [2.24, 2.45) is 0 Å². The summed E-state index contributed by atoms with van der Waals surface area (Å²) in [5, 5.41) is 0.673. The molecule has 1 aromatic heterocycles. The average Bonchev–Trinajstić information content (AvgIpc) is 2.61. The molecular formula is C13H13FO3. The van der Waals surface area contributed by atoms with Crippen molar-refractivity contribution in [3.05, 3.63) is 35.8 Å². The zero-order valence-electron chi connectivity index (χ0n) is 9.91. The summed E-state index contributed by atoms with van der Waals surface area (Å²) in [5.74, 6) is -1.35. The van der Waals surface area contributed by atoms with Gasteiger partial charge in [0.25, 0.3) is 0 Å². The number of hydrogen-bond donors (Lipinski definition) is 0. The van der Waals surface area contributed by atoms with Gasteiger partial charge in [0, 0.05) is 5.39 Å². The van der Waals surface area contributed by atoms with Crippen LogP contribution < -0.4 is 0 Å². The Morgan fingerprint density at radius 2 is 2.00 bits per heavy atom. The number of halogens is 1. The fourth-order valence-corrected chi connectivity index (χ4v) is 1.53. The van der Waals surface area contributed by atoms with Crippen molar-refractivity contribution in [1.82, 2.24) is 0 Å². The van der Waals surface area contributed by atoms with Gasteiger partial charge in [-0.05, 0) is 39.0 Å². The van der Waals surface area contributed by atoms with Gasteiger partial charge in [0.1, 0.15) is 17.0 Å². The van der Waals surface area contributed by atoms with E-state index in [1.807, 2.05) is 0 Å². The summed E-state index contributed by atoms with van der Waals surface area (Å²) in [5.41, 5.74) is -0.597. The van der Waals surface area contributed by atoms with Gasteiger partial charge in [0.05, 0.1) is 6.26 Å². The Labute approximate surface area is 98.2 Å². The minimum absolute atomic E-state index is 0.151. The second kappa shape index (κ2) is 3.87. The third-order valence-electron chi connectivity index (χ3n) is 2.17. The molecule has 2 rings (SSSR count). The van der Waals surface area contributed by atoms with Crippen molar-refractivity contribution in [3.63, 3.8) is 0 Å². The minimum atomic E-state index is -0.712. The van der Waals surface area contributed by atoms with E-state index in [2.05, 4.69) is 0 Å². The zero-order valence-corrected chi connectivity index (χ0v) is 9.91. The second-order valence-electron chi connectivity index (χ2n) is 4.76. The lowest BCUT2D eigenvalue weighted by atomic mass is 10.1. The predicted octanol–water partition coefficient (Wildman–Crippen LogP) is 3.53. The lowest BCUT2D eigenvalue weighted by molar-refractivity contribution is 0.00660. The molecule has 0 bridgehead atoms. The lowest BCUT2D eigenvalue weighted by Gasteiger charge is -2.19. The first-order chi connectivity index (χ1) is 7.88. The van der Waals surface area contributed by atoms with Crippen molar-refractivity contribution in [2.45, 2.75) is 26.4 Å². The molecule has 17 heavy (non-hydrogen) atoms. The summed E-state index contributed by atoms with van der Waals surface area (Å²) in [6.45, 7) is 5.18. The maximum atomic E-state index is 13.7. The molecule has 0 radical (unpaired) electrons. The first-order valence-electron chi connectivity index (χ1n) is 5.27. The van der Waals surface area contributed by atoms with Crippen molar-refractivity contribution in [3.8, 4) is 0 Å². The lowest BCUT2D eigenvalue weighted by Crippen LogP contribution is -2.24. The van der Waals surface area contributed by atoms with Crippen LogP contribution in [0.3, 0.4) is 0 Å². The van der Waals surface area contributed by atoms with Crippen LogP contribution in [0.4, 0.5) is 4.39 Å². The SMILES string of the molecule is CC(C)(C)OC(=O)c1c(F)ccc2ccoc12. The highest BCUT2D eigenvalue weighted by Crippen LogP contribution is 2.25. The van der Waals surface area contributed by atoms with Crippen molar-refractivity contribution >= 4 is 16.9 Å². The van der Waals surface area contributed by atoms with E-state index < -0.39 is 17.4 Å². The largest absolute Gasteiger partial charge is 0.463 e. The monoisotopic (exact) mass is 236 g/mol. The van der Waals surface area contributed by atoms with Crippen LogP contribution in [-0.2, 0) is 4.74 Å². The molecule has 0 aliphatic rings. The summed E-state index contributed by atoms with van der Waals surface area (Å²) >= 11 is 0. The normalized spacial score (nSPS) is 11.8. The number of rotatable bonds is 1. The zero-order chi connectivity index (χ0) is 12.6. The fraction of sp³-hybridized carbons (Fsp3) is 0.308. The first kappa shape index (κ1) is 11.6. The standard InChI is InChI=1S/C13H13FO3/c1-13(2,3)17-12(15)10-9(14)5-4-8-6-7-16-11(8)10/h4-7H,1-3H3. The molecule has 0 N–H and O–H groups in total. The molecule has 0 fully saturated rings. The summed E-state index contributed by atoms with van der Waals surface area (Å²) in [7, 11) is 0. The van der Waals surface area contributed by atoms with Gasteiger partial charge in [0.15, 0.2) is 5.58 Å². The summed E-state index contributed by atoms with van der Waals surface area (Å²) in [6.07, 6.45) is 1.41. The molecule has 0 spiro atoms. The van der Waals surface area contributed by atoms with Gasteiger partial charge < -0.3 is 9.15 Å². The fourth-order valence-electron chi connectivity index (χ4n) is 1.53. The Balaban J connectivity index is 2.50. The molecule has 0 aliphatic carbocycles. The van der Waals surface area contributed by atoms with Crippen LogP contribution in [0.15, 0.2) is 28.9 Å². The van der Waals surface area contributed by atoms with Gasteiger partial charge in [-0.25, -0.2) is 9.18 Å². The number of benzene rings is 1. The van der Waals surface area contributed by atoms with Gasteiger partial charge in [-0.2, -0.15) is 0 Å². The van der Waals surface area contributed by atoms with Crippen LogP contribution in [0.1, 0.15) is 31.1 Å². The number of carbonyl (C=O) groups is 1. The quantitative estimate of drug-likeness (QED) is 0.711. The minimum Gasteiger partial charge on any atom is -0.463 e. The van der Waals surface area contributed by atoms with Crippen LogP contribution in [0, 0.1) is 5.82 Å². The van der Waals surface area contributed by atoms with Crippen molar-refractivity contribution in [1.29, 1.82) is 0 Å². The highest BCUT2D eigenvalue weighted by Gasteiger charge is 2.24. The molecule has 3 nitrogen and oxygen atoms in total. The van der Waals surface area contributed by atoms with E-state index in [1.165, 1.54) is 12.3 Å². The molecule has 0 aliphatic heterocycles. The molecule has 2 aromatic rings. The maximum absolute atomic E-state index is 13.7. The van der Waals surface area contributed by atoms with Crippen LogP contribution in [-0.4, -0.2) is 11.6 Å². The molecule has 0 saturated carbocycles. The number of hydrogen-bond acceptors (Lipinski definition) is 3. The Bertz CT molecular complexity index is 564. The van der Waals surface area contributed by atoms with E-state index in [0.29, 0.717) is 5.39 Å². The highest BCUT2D eigenvalue weighted by molar-refractivity contribution is 6.02. The second-order valence-corrected chi connectivity index (χ2v) is 4.76. The molecule has 0 atom stereocenters. The smallest absolute Gasteiger partial charge is 0.345 e. The molecular weight excluding hydrogens is 223 g/mol. The van der Waals surface area contributed by atoms with Gasteiger partial charge in [-0.3, -0.25) is 0 Å². The summed E-state index contributed by atoms with van der Waals surface area (Å²) < 4.78 is 23.9. The summed E-state index contributed by atoms with van der Waals surface area (Å²) in [4.78, 5) is 11.9. The molecule has 4 heteroatoms. The molecule has 0 amide bonds. The molecule has 0 saturated heterocycles. The Morgan fingerprint density at radius 1 is 1.29 bits per heavy atom. The number of carbonyl (C=O) groups excluding carboxylic acids is 1. The maximum Gasteiger partial charge on any atom is 0.345 e. The Morgan fingerprint density at radius 3 is 2.65 bits per heavy atom. The molecule has 1 heterocycles. The van der Waals surface area contributed by atoms with Crippen LogP contribution in [0.5, 0.6) is 0 Å². The van der Waals surface area contributed by atoms with Gasteiger partial charge in [-0.15, -0.1) is 0 Å². The van der Waals surface area contributed by atoms with E-state index >= 15 is 0 Å². The van der Waals surface area contributed by atoms with Gasteiger partial charge >= 0.3 is 5.97 Å².